The van der Waals surface area contributed by atoms with Gasteiger partial charge in [-0.2, -0.15) is 5.26 Å². The first-order valence-electron chi connectivity index (χ1n) is 4.31. The summed E-state index contributed by atoms with van der Waals surface area (Å²) in [6.07, 6.45) is -0.00657. The van der Waals surface area contributed by atoms with E-state index in [9.17, 15) is 9.59 Å². The zero-order valence-electron chi connectivity index (χ0n) is 8.37. The average Bonchev–Trinajstić information content (AvgIpc) is 2.15. The molecule has 0 aliphatic rings. The first kappa shape index (κ1) is 12.4. The van der Waals surface area contributed by atoms with Crippen LogP contribution in [0.3, 0.4) is 0 Å². The van der Waals surface area contributed by atoms with Crippen LogP contribution in [0, 0.1) is 17.2 Å². The summed E-state index contributed by atoms with van der Waals surface area (Å²) in [4.78, 5) is 22.3. The van der Waals surface area contributed by atoms with Crippen molar-refractivity contribution in [1.82, 2.24) is 0 Å². The van der Waals surface area contributed by atoms with Gasteiger partial charge in [0.15, 0.2) is 5.78 Å². The van der Waals surface area contributed by atoms with Gasteiger partial charge in [0.1, 0.15) is 6.07 Å². The number of esters is 1. The summed E-state index contributed by atoms with van der Waals surface area (Å²) < 4.78 is 4.67. The highest BCUT2D eigenvalue weighted by molar-refractivity contribution is 6.01. The molecule has 1 atom stereocenters. The third-order valence-corrected chi connectivity index (χ3v) is 1.66. The van der Waals surface area contributed by atoms with E-state index in [0.29, 0.717) is 6.61 Å². The predicted molar refractivity (Wildman–Crippen MR) is 50.2 cm³/mol. The average molecular weight is 195 g/mol. The molecule has 0 aromatic carbocycles. The van der Waals surface area contributed by atoms with Crippen LogP contribution in [0.5, 0.6) is 0 Å². The maximum Gasteiger partial charge on any atom is 0.306 e. The summed E-state index contributed by atoms with van der Waals surface area (Å²) in [6, 6.07) is 1.65. The van der Waals surface area contributed by atoms with Gasteiger partial charge in [0.2, 0.25) is 0 Å². The smallest absolute Gasteiger partial charge is 0.306 e. The van der Waals surface area contributed by atoms with Gasteiger partial charge in [-0.15, -0.1) is 0 Å². The molecule has 0 amide bonds. The topological polar surface area (TPSA) is 67.2 Å². The largest absolute Gasteiger partial charge is 0.466 e. The molecule has 1 unspecified atom stereocenters. The molecule has 0 aliphatic heterocycles. The van der Waals surface area contributed by atoms with Gasteiger partial charge in [0.25, 0.3) is 0 Å². The maximum atomic E-state index is 11.3. The number of nitrogens with zero attached hydrogens (tertiary/aromatic N) is 1. The highest BCUT2D eigenvalue weighted by atomic mass is 16.5. The Morgan fingerprint density at radius 2 is 2.14 bits per heavy atom. The van der Waals surface area contributed by atoms with Crippen LogP contribution in [0.4, 0.5) is 0 Å². The van der Waals surface area contributed by atoms with Crippen LogP contribution in [-0.2, 0) is 14.3 Å². The lowest BCUT2D eigenvalue weighted by molar-refractivity contribution is -0.145. The van der Waals surface area contributed by atoms with Crippen molar-refractivity contribution >= 4 is 11.8 Å². The number of rotatable bonds is 5. The summed E-state index contributed by atoms with van der Waals surface area (Å²) in [5.74, 6) is -1.37. The fourth-order valence-electron chi connectivity index (χ4n) is 0.915. The van der Waals surface area contributed by atoms with E-state index in [0.717, 1.165) is 0 Å². The Bertz CT molecular complexity index is 288. The number of ketones is 1. The summed E-state index contributed by atoms with van der Waals surface area (Å²) in [5, 5.41) is 8.41. The molecule has 0 heterocycles. The SMILES string of the molecule is C=C(C#N)C(=O)C(C)CC(=O)OCC. The molecule has 0 saturated heterocycles. The predicted octanol–water partition coefficient (Wildman–Crippen LogP) is 1.22. The number of hydrogen-bond donors (Lipinski definition) is 0. The molecular weight excluding hydrogens is 182 g/mol. The second-order valence-electron chi connectivity index (χ2n) is 2.86. The third kappa shape index (κ3) is 3.85. The van der Waals surface area contributed by atoms with Crippen LogP contribution < -0.4 is 0 Å². The van der Waals surface area contributed by atoms with Gasteiger partial charge in [-0.25, -0.2) is 0 Å². The van der Waals surface area contributed by atoms with Crippen LogP contribution in [-0.4, -0.2) is 18.4 Å². The number of carbonyl (C=O) groups excluding carboxylic acids is 2. The normalized spacial score (nSPS) is 11.2. The van der Waals surface area contributed by atoms with Gasteiger partial charge in [-0.1, -0.05) is 13.5 Å². The van der Waals surface area contributed by atoms with Crippen LogP contribution in [0.2, 0.25) is 0 Å². The van der Waals surface area contributed by atoms with Crippen molar-refractivity contribution in [2.24, 2.45) is 5.92 Å². The lowest BCUT2D eigenvalue weighted by atomic mass is 9.98. The molecule has 0 aromatic heterocycles. The van der Waals surface area contributed by atoms with Crippen molar-refractivity contribution in [1.29, 1.82) is 5.26 Å². The zero-order chi connectivity index (χ0) is 11.1. The Morgan fingerprint density at radius 3 is 2.57 bits per heavy atom. The number of Topliss-reactive ketones (excluding diaryl/α,β-unsaturated/α-hetero) is 1. The molecule has 0 saturated carbocycles. The molecular formula is C10H13NO3. The maximum absolute atomic E-state index is 11.3. The van der Waals surface area contributed by atoms with Gasteiger partial charge < -0.3 is 4.74 Å². The fourth-order valence-corrected chi connectivity index (χ4v) is 0.915. The van der Waals surface area contributed by atoms with Crippen molar-refractivity contribution in [3.05, 3.63) is 12.2 Å². The van der Waals surface area contributed by atoms with Crippen LogP contribution in [0.1, 0.15) is 20.3 Å². The summed E-state index contributed by atoms with van der Waals surface area (Å²) in [5.41, 5.74) is -0.123. The molecule has 76 valence electrons. The van der Waals surface area contributed by atoms with E-state index in [1.54, 1.807) is 19.9 Å². The number of nitriles is 1. The molecule has 0 aromatic rings. The van der Waals surface area contributed by atoms with E-state index in [1.165, 1.54) is 0 Å². The molecule has 0 fully saturated rings. The molecule has 0 rings (SSSR count). The number of ether oxygens (including phenoxy) is 1. The molecule has 0 spiro atoms. The fraction of sp³-hybridized carbons (Fsp3) is 0.500. The van der Waals surface area contributed by atoms with Crippen molar-refractivity contribution in [2.75, 3.05) is 6.61 Å². The van der Waals surface area contributed by atoms with E-state index in [1.807, 2.05) is 0 Å². The minimum Gasteiger partial charge on any atom is -0.466 e. The molecule has 0 bridgehead atoms. The number of allylic oxidation sites excluding steroid dienone is 1. The van der Waals surface area contributed by atoms with Crippen LogP contribution in [0.25, 0.3) is 0 Å². The van der Waals surface area contributed by atoms with Gasteiger partial charge in [0.05, 0.1) is 18.6 Å². The summed E-state index contributed by atoms with van der Waals surface area (Å²) in [6.45, 7) is 6.84. The van der Waals surface area contributed by atoms with Gasteiger partial charge >= 0.3 is 5.97 Å². The van der Waals surface area contributed by atoms with Crippen molar-refractivity contribution in [3.63, 3.8) is 0 Å². The van der Waals surface area contributed by atoms with Gasteiger partial charge in [-0.05, 0) is 6.92 Å². The lowest BCUT2D eigenvalue weighted by Gasteiger charge is -2.07. The monoisotopic (exact) mass is 195 g/mol. The van der Waals surface area contributed by atoms with E-state index >= 15 is 0 Å². The lowest BCUT2D eigenvalue weighted by Crippen LogP contribution is -2.17. The second kappa shape index (κ2) is 5.92. The highest BCUT2D eigenvalue weighted by Gasteiger charge is 2.19. The van der Waals surface area contributed by atoms with Crippen molar-refractivity contribution in [2.45, 2.75) is 20.3 Å². The van der Waals surface area contributed by atoms with Gasteiger partial charge in [-0.3, -0.25) is 9.59 Å². The molecule has 0 radical (unpaired) electrons. The number of hydrogen-bond acceptors (Lipinski definition) is 4. The first-order chi connectivity index (χ1) is 6.52. The van der Waals surface area contributed by atoms with Gasteiger partial charge in [0, 0.05) is 5.92 Å². The Hall–Kier alpha value is -1.63. The second-order valence-corrected chi connectivity index (χ2v) is 2.86. The van der Waals surface area contributed by atoms with Crippen LogP contribution in [0.15, 0.2) is 12.2 Å². The quantitative estimate of drug-likeness (QED) is 0.376. The van der Waals surface area contributed by atoms with E-state index in [4.69, 9.17) is 5.26 Å². The minimum absolute atomic E-state index is 0.00657. The molecule has 4 heteroatoms. The van der Waals surface area contributed by atoms with E-state index in [2.05, 4.69) is 11.3 Å². The minimum atomic E-state index is -0.541. The third-order valence-electron chi connectivity index (χ3n) is 1.66. The standard InChI is InChI=1S/C10H13NO3/c1-4-14-9(12)5-7(2)10(13)8(3)6-11/h7H,3-5H2,1-2H3. The summed E-state index contributed by atoms with van der Waals surface area (Å²) in [7, 11) is 0. The molecule has 0 N–H and O–H groups in total. The Labute approximate surface area is 83.2 Å². The van der Waals surface area contributed by atoms with E-state index in [-0.39, 0.29) is 12.0 Å². The first-order valence-corrected chi connectivity index (χ1v) is 4.31. The van der Waals surface area contributed by atoms with Crippen molar-refractivity contribution < 1.29 is 14.3 Å². The Balaban J connectivity index is 4.16. The Kier molecular flexibility index (Phi) is 5.23. The summed E-state index contributed by atoms with van der Waals surface area (Å²) >= 11 is 0. The highest BCUT2D eigenvalue weighted by Crippen LogP contribution is 2.09. The Morgan fingerprint density at radius 1 is 1.57 bits per heavy atom. The van der Waals surface area contributed by atoms with Crippen molar-refractivity contribution in [3.8, 4) is 6.07 Å². The van der Waals surface area contributed by atoms with Crippen LogP contribution >= 0.6 is 0 Å². The number of carbonyl (C=O) groups is 2. The zero-order valence-corrected chi connectivity index (χ0v) is 8.37. The molecule has 14 heavy (non-hydrogen) atoms. The molecule has 0 aliphatic carbocycles. The van der Waals surface area contributed by atoms with E-state index < -0.39 is 17.7 Å². The molecule has 4 nitrogen and oxygen atoms in total.